The number of aromatic nitrogens is 2. The molecule has 0 aliphatic rings. The average molecular weight is 467 g/mol. The molecule has 2 rings (SSSR count). The number of benzene rings is 1. The van der Waals surface area contributed by atoms with Crippen molar-refractivity contribution in [1.29, 1.82) is 0 Å². The van der Waals surface area contributed by atoms with Crippen LogP contribution < -0.4 is 0 Å². The van der Waals surface area contributed by atoms with Gasteiger partial charge in [0.2, 0.25) is 15.9 Å². The van der Waals surface area contributed by atoms with Gasteiger partial charge in [-0.3, -0.25) is 4.79 Å². The van der Waals surface area contributed by atoms with Crippen molar-refractivity contribution in [3.05, 3.63) is 24.0 Å². The lowest BCUT2D eigenvalue weighted by molar-refractivity contribution is -0.132. The standard InChI is InChI=1S/C23H38N4O4S/c1-7-26(8-2)32(29,30)19-10-11-21-20(16-19)24-22(27(21)9-3)12-13-23(28)25(14-15-31-6)17-18(4)5/h10-11,16,18H,7-9,12-15,17H2,1-6H3. The predicted octanol–water partition coefficient (Wildman–Crippen LogP) is 3.15. The number of sulfonamides is 1. The first-order chi connectivity index (χ1) is 15.2. The molecule has 0 bridgehead atoms. The fourth-order valence-electron chi connectivity index (χ4n) is 3.91. The molecule has 0 N–H and O–H groups in total. The van der Waals surface area contributed by atoms with Crippen molar-refractivity contribution in [2.75, 3.05) is 39.9 Å². The third kappa shape index (κ3) is 6.08. The Morgan fingerprint density at radius 3 is 2.44 bits per heavy atom. The molecular formula is C23H38N4O4S. The zero-order chi connectivity index (χ0) is 23.9. The highest BCUT2D eigenvalue weighted by Gasteiger charge is 2.23. The largest absolute Gasteiger partial charge is 0.383 e. The number of hydrogen-bond donors (Lipinski definition) is 0. The first-order valence-electron chi connectivity index (χ1n) is 11.4. The van der Waals surface area contributed by atoms with E-state index in [-0.39, 0.29) is 10.8 Å². The van der Waals surface area contributed by atoms with Gasteiger partial charge in [-0.1, -0.05) is 27.7 Å². The molecule has 9 heteroatoms. The van der Waals surface area contributed by atoms with Crippen molar-refractivity contribution in [3.63, 3.8) is 0 Å². The van der Waals surface area contributed by atoms with E-state index in [0.717, 1.165) is 11.3 Å². The molecule has 1 aromatic carbocycles. The molecule has 0 saturated carbocycles. The van der Waals surface area contributed by atoms with Gasteiger partial charge in [0.1, 0.15) is 5.82 Å². The second-order valence-electron chi connectivity index (χ2n) is 8.24. The number of carbonyl (C=O) groups excluding carboxylic acids is 1. The van der Waals surface area contributed by atoms with Gasteiger partial charge in [-0.15, -0.1) is 0 Å². The number of hydrogen-bond acceptors (Lipinski definition) is 5. The van der Waals surface area contributed by atoms with E-state index < -0.39 is 10.0 Å². The molecule has 0 radical (unpaired) electrons. The Labute approximate surface area is 192 Å². The van der Waals surface area contributed by atoms with Crippen molar-refractivity contribution in [1.82, 2.24) is 18.8 Å². The number of methoxy groups -OCH3 is 1. The molecule has 0 unspecified atom stereocenters. The van der Waals surface area contributed by atoms with Crippen LogP contribution in [0, 0.1) is 5.92 Å². The summed E-state index contributed by atoms with van der Waals surface area (Å²) >= 11 is 0. The summed E-state index contributed by atoms with van der Waals surface area (Å²) in [6.45, 7) is 13.2. The number of nitrogens with zero attached hydrogens (tertiary/aromatic N) is 4. The number of imidazole rings is 1. The van der Waals surface area contributed by atoms with Crippen LogP contribution >= 0.6 is 0 Å². The quantitative estimate of drug-likeness (QED) is 0.453. The van der Waals surface area contributed by atoms with E-state index in [1.54, 1.807) is 19.2 Å². The van der Waals surface area contributed by atoms with Gasteiger partial charge in [0.05, 0.1) is 22.5 Å². The Hall–Kier alpha value is -1.97. The second-order valence-corrected chi connectivity index (χ2v) is 10.2. The highest BCUT2D eigenvalue weighted by Crippen LogP contribution is 2.23. The van der Waals surface area contributed by atoms with Crippen LogP contribution in [0.1, 0.15) is 46.9 Å². The number of ether oxygens (including phenoxy) is 1. The summed E-state index contributed by atoms with van der Waals surface area (Å²) in [5, 5.41) is 0. The molecule has 0 saturated heterocycles. The molecule has 0 aliphatic heterocycles. The number of fused-ring (bicyclic) bond motifs is 1. The van der Waals surface area contributed by atoms with Gasteiger partial charge in [-0.05, 0) is 31.0 Å². The van der Waals surface area contributed by atoms with E-state index in [4.69, 9.17) is 9.72 Å². The van der Waals surface area contributed by atoms with Crippen LogP contribution in [0.25, 0.3) is 11.0 Å². The zero-order valence-electron chi connectivity index (χ0n) is 20.3. The highest BCUT2D eigenvalue weighted by molar-refractivity contribution is 7.89. The lowest BCUT2D eigenvalue weighted by Crippen LogP contribution is -2.37. The van der Waals surface area contributed by atoms with Gasteiger partial charge in [-0.2, -0.15) is 4.31 Å². The average Bonchev–Trinajstić information content (AvgIpc) is 3.11. The maximum absolute atomic E-state index is 12.9. The van der Waals surface area contributed by atoms with E-state index in [9.17, 15) is 13.2 Å². The van der Waals surface area contributed by atoms with Gasteiger partial charge in [0.25, 0.3) is 0 Å². The second kappa shape index (κ2) is 11.8. The summed E-state index contributed by atoms with van der Waals surface area (Å²) in [4.78, 5) is 19.7. The van der Waals surface area contributed by atoms with E-state index >= 15 is 0 Å². The van der Waals surface area contributed by atoms with Crippen LogP contribution in [0.3, 0.4) is 0 Å². The van der Waals surface area contributed by atoms with E-state index in [2.05, 4.69) is 18.4 Å². The number of aryl methyl sites for hydroxylation is 2. The van der Waals surface area contributed by atoms with Gasteiger partial charge in [-0.25, -0.2) is 13.4 Å². The summed E-state index contributed by atoms with van der Waals surface area (Å²) in [6.07, 6.45) is 0.853. The molecule has 1 heterocycles. The van der Waals surface area contributed by atoms with Gasteiger partial charge in [0.15, 0.2) is 0 Å². The van der Waals surface area contributed by atoms with Crippen molar-refractivity contribution in [2.24, 2.45) is 5.92 Å². The first kappa shape index (κ1) is 26.3. The van der Waals surface area contributed by atoms with Crippen LogP contribution in [-0.2, 0) is 32.5 Å². The molecule has 2 aromatic rings. The fraction of sp³-hybridized carbons (Fsp3) is 0.652. The summed E-state index contributed by atoms with van der Waals surface area (Å²) in [6, 6.07) is 5.11. The van der Waals surface area contributed by atoms with Gasteiger partial charge in [0, 0.05) is 52.7 Å². The summed E-state index contributed by atoms with van der Waals surface area (Å²) in [5.41, 5.74) is 1.52. The van der Waals surface area contributed by atoms with E-state index in [1.165, 1.54) is 4.31 Å². The third-order valence-electron chi connectivity index (χ3n) is 5.52. The Morgan fingerprint density at radius 1 is 1.19 bits per heavy atom. The Bertz CT molecular complexity index is 997. The smallest absolute Gasteiger partial charge is 0.243 e. The Balaban J connectivity index is 2.28. The molecule has 1 amide bonds. The molecule has 180 valence electrons. The highest BCUT2D eigenvalue weighted by atomic mass is 32.2. The lowest BCUT2D eigenvalue weighted by Gasteiger charge is -2.24. The van der Waals surface area contributed by atoms with Crippen LogP contribution in [-0.4, -0.2) is 73.0 Å². The predicted molar refractivity (Wildman–Crippen MR) is 127 cm³/mol. The normalized spacial score (nSPS) is 12.2. The summed E-state index contributed by atoms with van der Waals surface area (Å²) in [7, 11) is -1.91. The topological polar surface area (TPSA) is 84.7 Å². The minimum absolute atomic E-state index is 0.0789. The molecule has 0 spiro atoms. The van der Waals surface area contributed by atoms with Gasteiger partial charge < -0.3 is 14.2 Å². The molecule has 0 aliphatic carbocycles. The van der Waals surface area contributed by atoms with Gasteiger partial charge >= 0.3 is 0 Å². The van der Waals surface area contributed by atoms with Crippen LogP contribution in [0.4, 0.5) is 0 Å². The lowest BCUT2D eigenvalue weighted by atomic mass is 10.2. The van der Waals surface area contributed by atoms with E-state index in [0.29, 0.717) is 63.6 Å². The number of carbonyl (C=O) groups is 1. The molecule has 8 nitrogen and oxygen atoms in total. The SMILES string of the molecule is CCN(CC)S(=O)(=O)c1ccc2c(c1)nc(CCC(=O)N(CCOC)CC(C)C)n2CC. The van der Waals surface area contributed by atoms with Crippen molar-refractivity contribution in [2.45, 2.75) is 58.9 Å². The monoisotopic (exact) mass is 466 g/mol. The maximum atomic E-state index is 12.9. The van der Waals surface area contributed by atoms with Crippen molar-refractivity contribution >= 4 is 27.0 Å². The molecular weight excluding hydrogens is 428 g/mol. The molecule has 1 aromatic heterocycles. The molecule has 32 heavy (non-hydrogen) atoms. The number of amides is 1. The summed E-state index contributed by atoms with van der Waals surface area (Å²) in [5.74, 6) is 1.25. The fourth-order valence-corrected chi connectivity index (χ4v) is 5.39. The van der Waals surface area contributed by atoms with Crippen LogP contribution in [0.2, 0.25) is 0 Å². The first-order valence-corrected chi connectivity index (χ1v) is 12.9. The van der Waals surface area contributed by atoms with Crippen molar-refractivity contribution in [3.8, 4) is 0 Å². The number of rotatable bonds is 13. The Morgan fingerprint density at radius 2 is 1.88 bits per heavy atom. The van der Waals surface area contributed by atoms with E-state index in [1.807, 2.05) is 31.7 Å². The minimum Gasteiger partial charge on any atom is -0.383 e. The van der Waals surface area contributed by atoms with Crippen LogP contribution in [0.5, 0.6) is 0 Å². The summed E-state index contributed by atoms with van der Waals surface area (Å²) < 4.78 is 34.4. The Kier molecular flexibility index (Phi) is 9.66. The third-order valence-corrected chi connectivity index (χ3v) is 7.57. The zero-order valence-corrected chi connectivity index (χ0v) is 21.1. The minimum atomic E-state index is -3.55. The molecule has 0 atom stereocenters. The van der Waals surface area contributed by atoms with Crippen molar-refractivity contribution < 1.29 is 17.9 Å². The van der Waals surface area contributed by atoms with Crippen LogP contribution in [0.15, 0.2) is 23.1 Å². The molecule has 0 fully saturated rings. The maximum Gasteiger partial charge on any atom is 0.243 e.